The second-order valence-corrected chi connectivity index (χ2v) is 8.39. The molecule has 7 nitrogen and oxygen atoms in total. The van der Waals surface area contributed by atoms with Crippen molar-refractivity contribution in [1.29, 1.82) is 0 Å². The van der Waals surface area contributed by atoms with Gasteiger partial charge < -0.3 is 15.6 Å². The molecule has 2 aromatic heterocycles. The van der Waals surface area contributed by atoms with E-state index in [4.69, 9.17) is 5.73 Å². The highest BCUT2D eigenvalue weighted by Crippen LogP contribution is 2.30. The van der Waals surface area contributed by atoms with Crippen molar-refractivity contribution in [3.63, 3.8) is 0 Å². The summed E-state index contributed by atoms with van der Waals surface area (Å²) in [5.41, 5.74) is 7.04. The number of nitrogens with one attached hydrogen (secondary N) is 1. The van der Waals surface area contributed by atoms with Gasteiger partial charge in [0, 0.05) is 22.9 Å². The molecule has 3 N–H and O–H groups in total. The van der Waals surface area contributed by atoms with Crippen molar-refractivity contribution in [3.05, 3.63) is 46.2 Å². The summed E-state index contributed by atoms with van der Waals surface area (Å²) in [5.74, 6) is 0.539. The van der Waals surface area contributed by atoms with E-state index in [2.05, 4.69) is 40.8 Å². The number of para-hydroxylation sites is 1. The van der Waals surface area contributed by atoms with E-state index in [-0.39, 0.29) is 17.2 Å². The summed E-state index contributed by atoms with van der Waals surface area (Å²) < 4.78 is 1.88. The Balaban J connectivity index is 1.66. The summed E-state index contributed by atoms with van der Waals surface area (Å²) >= 11 is 2.99. The molecule has 0 saturated carbocycles. The molecule has 0 aliphatic rings. The summed E-state index contributed by atoms with van der Waals surface area (Å²) in [6.45, 7) is 4.31. The molecule has 0 aliphatic carbocycles. The van der Waals surface area contributed by atoms with E-state index >= 15 is 0 Å². The molecule has 0 fully saturated rings. The number of nitrogens with zero attached hydrogens (tertiary/aromatic N) is 3. The third-order valence-electron chi connectivity index (χ3n) is 4.08. The fourth-order valence-corrected chi connectivity index (χ4v) is 4.20. The number of carbonyl (C=O) groups is 2. The second kappa shape index (κ2) is 8.57. The zero-order chi connectivity index (χ0) is 20.3. The fourth-order valence-electron chi connectivity index (χ4n) is 2.59. The Morgan fingerprint density at radius 2 is 2.04 bits per heavy atom. The average molecular weight is 416 g/mol. The molecule has 0 atom stereocenters. The van der Waals surface area contributed by atoms with Crippen LogP contribution in [0.25, 0.3) is 11.4 Å². The number of nitrogens with two attached hydrogens (primary N) is 1. The van der Waals surface area contributed by atoms with Crippen LogP contribution in [0.2, 0.25) is 0 Å². The Morgan fingerprint density at radius 3 is 2.71 bits per heavy atom. The zero-order valence-corrected chi connectivity index (χ0v) is 17.4. The number of aromatic nitrogens is 3. The van der Waals surface area contributed by atoms with Crippen LogP contribution in [0.4, 0.5) is 5.69 Å². The molecule has 3 aromatic rings. The van der Waals surface area contributed by atoms with E-state index < -0.39 is 5.91 Å². The van der Waals surface area contributed by atoms with Crippen LogP contribution in [0.3, 0.4) is 0 Å². The van der Waals surface area contributed by atoms with E-state index in [9.17, 15) is 9.59 Å². The molecule has 2 heterocycles. The minimum atomic E-state index is -0.585. The summed E-state index contributed by atoms with van der Waals surface area (Å²) in [4.78, 5) is 25.0. The predicted molar refractivity (Wildman–Crippen MR) is 113 cm³/mol. The van der Waals surface area contributed by atoms with Crippen molar-refractivity contribution in [2.24, 2.45) is 12.8 Å². The highest BCUT2D eigenvalue weighted by Gasteiger charge is 2.16. The van der Waals surface area contributed by atoms with Crippen LogP contribution in [0, 0.1) is 0 Å². The summed E-state index contributed by atoms with van der Waals surface area (Å²) in [5, 5.41) is 13.9. The van der Waals surface area contributed by atoms with E-state index in [1.54, 1.807) is 35.6 Å². The first-order chi connectivity index (χ1) is 13.4. The van der Waals surface area contributed by atoms with Crippen LogP contribution in [0.15, 0.2) is 40.9 Å². The van der Waals surface area contributed by atoms with E-state index in [0.717, 1.165) is 11.4 Å². The van der Waals surface area contributed by atoms with Gasteiger partial charge in [-0.3, -0.25) is 9.59 Å². The van der Waals surface area contributed by atoms with Crippen molar-refractivity contribution in [1.82, 2.24) is 14.8 Å². The molecule has 0 radical (unpaired) electrons. The minimum absolute atomic E-state index is 0.139. The maximum absolute atomic E-state index is 12.3. The Morgan fingerprint density at radius 1 is 1.29 bits per heavy atom. The van der Waals surface area contributed by atoms with Crippen LogP contribution in [0.1, 0.15) is 35.0 Å². The van der Waals surface area contributed by atoms with Crippen LogP contribution < -0.4 is 11.1 Å². The first-order valence-corrected chi connectivity index (χ1v) is 10.5. The smallest absolute Gasteiger partial charge is 0.250 e. The van der Waals surface area contributed by atoms with E-state index in [1.807, 2.05) is 11.6 Å². The standard InChI is InChI=1S/C19H21N5O2S2/c1-11(2)15-8-12(9-27-15)18-22-23-19(24(18)3)28-10-16(25)21-14-7-5-4-6-13(14)17(20)26/h4-9,11H,10H2,1-3H3,(H2,20,26)(H,21,25). The maximum atomic E-state index is 12.3. The fraction of sp³-hybridized carbons (Fsp3) is 0.263. The number of thioether (sulfide) groups is 1. The molecule has 1 aromatic carbocycles. The molecule has 0 saturated heterocycles. The van der Waals surface area contributed by atoms with Crippen LogP contribution in [0.5, 0.6) is 0 Å². The summed E-state index contributed by atoms with van der Waals surface area (Å²) in [6.07, 6.45) is 0. The quantitative estimate of drug-likeness (QED) is 0.575. The van der Waals surface area contributed by atoms with Crippen LogP contribution >= 0.6 is 23.1 Å². The van der Waals surface area contributed by atoms with Crippen molar-refractivity contribution < 1.29 is 9.59 Å². The molecule has 0 bridgehead atoms. The van der Waals surface area contributed by atoms with Gasteiger partial charge in [0.05, 0.1) is 17.0 Å². The molecular weight excluding hydrogens is 394 g/mol. The number of hydrogen-bond acceptors (Lipinski definition) is 6. The van der Waals surface area contributed by atoms with Gasteiger partial charge >= 0.3 is 0 Å². The number of thiophene rings is 1. The topological polar surface area (TPSA) is 103 Å². The lowest BCUT2D eigenvalue weighted by Gasteiger charge is -2.08. The number of primary amides is 1. The summed E-state index contributed by atoms with van der Waals surface area (Å²) in [7, 11) is 1.88. The van der Waals surface area contributed by atoms with Gasteiger partial charge in [-0.1, -0.05) is 37.7 Å². The van der Waals surface area contributed by atoms with Gasteiger partial charge in [0.2, 0.25) is 5.91 Å². The van der Waals surface area contributed by atoms with Crippen molar-refractivity contribution in [3.8, 4) is 11.4 Å². The largest absolute Gasteiger partial charge is 0.366 e. The maximum Gasteiger partial charge on any atom is 0.250 e. The molecule has 0 spiro atoms. The number of benzene rings is 1. The average Bonchev–Trinajstić information content (AvgIpc) is 3.27. The van der Waals surface area contributed by atoms with E-state index in [0.29, 0.717) is 16.8 Å². The van der Waals surface area contributed by atoms with Gasteiger partial charge in [-0.25, -0.2) is 0 Å². The Bertz CT molecular complexity index is 1010. The second-order valence-electron chi connectivity index (χ2n) is 6.50. The Hall–Kier alpha value is -2.65. The number of rotatable bonds is 7. The lowest BCUT2D eigenvalue weighted by Crippen LogP contribution is -2.19. The Labute approximate surface area is 171 Å². The lowest BCUT2D eigenvalue weighted by molar-refractivity contribution is -0.113. The molecule has 9 heteroatoms. The molecule has 0 aliphatic heterocycles. The molecule has 28 heavy (non-hydrogen) atoms. The van der Waals surface area contributed by atoms with Gasteiger partial charge in [0.1, 0.15) is 0 Å². The number of hydrogen-bond donors (Lipinski definition) is 2. The van der Waals surface area contributed by atoms with Gasteiger partial charge in [0.15, 0.2) is 11.0 Å². The van der Waals surface area contributed by atoms with Gasteiger partial charge in [0.25, 0.3) is 5.91 Å². The zero-order valence-electron chi connectivity index (χ0n) is 15.8. The number of amides is 2. The number of carbonyl (C=O) groups excluding carboxylic acids is 2. The van der Waals surface area contributed by atoms with Gasteiger partial charge in [-0.05, 0) is 24.1 Å². The Kier molecular flexibility index (Phi) is 6.15. The molecule has 0 unspecified atom stereocenters. The lowest BCUT2D eigenvalue weighted by atomic mass is 10.1. The molecule has 146 valence electrons. The van der Waals surface area contributed by atoms with Crippen molar-refractivity contribution >= 4 is 40.6 Å². The SMILES string of the molecule is CC(C)c1cc(-c2nnc(SCC(=O)Nc3ccccc3C(N)=O)n2C)cs1. The third-order valence-corrected chi connectivity index (χ3v) is 6.33. The number of anilines is 1. The van der Waals surface area contributed by atoms with E-state index in [1.165, 1.54) is 16.6 Å². The van der Waals surface area contributed by atoms with Gasteiger partial charge in [-0.2, -0.15) is 0 Å². The first kappa shape index (κ1) is 20.1. The predicted octanol–water partition coefficient (Wildman–Crippen LogP) is 3.50. The van der Waals surface area contributed by atoms with Crippen molar-refractivity contribution in [2.75, 3.05) is 11.1 Å². The van der Waals surface area contributed by atoms with Crippen LogP contribution in [-0.4, -0.2) is 32.3 Å². The highest BCUT2D eigenvalue weighted by atomic mass is 32.2. The monoisotopic (exact) mass is 415 g/mol. The normalized spacial score (nSPS) is 11.0. The van der Waals surface area contributed by atoms with Crippen LogP contribution in [-0.2, 0) is 11.8 Å². The first-order valence-electron chi connectivity index (χ1n) is 8.66. The highest BCUT2D eigenvalue weighted by molar-refractivity contribution is 7.99. The summed E-state index contributed by atoms with van der Waals surface area (Å²) in [6, 6.07) is 8.77. The minimum Gasteiger partial charge on any atom is -0.366 e. The molecule has 3 rings (SSSR count). The van der Waals surface area contributed by atoms with Crippen molar-refractivity contribution in [2.45, 2.75) is 24.9 Å². The van der Waals surface area contributed by atoms with Gasteiger partial charge in [-0.15, -0.1) is 21.5 Å². The molecular formula is C19H21N5O2S2. The molecule has 2 amide bonds. The third kappa shape index (κ3) is 4.42.